The smallest absolute Gasteiger partial charge is 0.471 e. The first-order valence-corrected chi connectivity index (χ1v) is 12.1. The van der Waals surface area contributed by atoms with E-state index in [1.165, 1.54) is 26.0 Å². The minimum atomic E-state index is -5.16. The summed E-state index contributed by atoms with van der Waals surface area (Å²) >= 11 is 7.42. The molecule has 0 N–H and O–H groups in total. The van der Waals surface area contributed by atoms with Crippen molar-refractivity contribution in [3.8, 4) is 5.75 Å². The third kappa shape index (κ3) is 4.81. The van der Waals surface area contributed by atoms with Crippen LogP contribution in [0, 0.1) is 0 Å². The molecule has 1 aromatic carbocycles. The molecule has 2 aliphatic rings. The second kappa shape index (κ2) is 9.86. The lowest BCUT2D eigenvalue weighted by Crippen LogP contribution is -2.59. The van der Waals surface area contributed by atoms with E-state index in [0.717, 1.165) is 37.7 Å². The van der Waals surface area contributed by atoms with E-state index >= 15 is 0 Å². The highest BCUT2D eigenvalue weighted by atomic mass is 32.2. The maximum absolute atomic E-state index is 13.6. The van der Waals surface area contributed by atoms with Crippen molar-refractivity contribution in [2.45, 2.75) is 32.5 Å². The lowest BCUT2D eigenvalue weighted by Gasteiger charge is -2.45. The summed E-state index contributed by atoms with van der Waals surface area (Å²) in [5.41, 5.74) is -1.11. The summed E-state index contributed by atoms with van der Waals surface area (Å²) in [6.45, 7) is 4.76. The highest BCUT2D eigenvalue weighted by molar-refractivity contribution is 8.29. The third-order valence-electron chi connectivity index (χ3n) is 5.12. The van der Waals surface area contributed by atoms with Crippen molar-refractivity contribution in [1.29, 1.82) is 0 Å². The maximum atomic E-state index is 13.6. The first-order chi connectivity index (χ1) is 16.3. The minimum absolute atomic E-state index is 0.0251. The Morgan fingerprint density at radius 1 is 1.06 bits per heavy atom. The van der Waals surface area contributed by atoms with E-state index in [4.69, 9.17) is 26.4 Å². The van der Waals surface area contributed by atoms with Gasteiger partial charge in [-0.1, -0.05) is 35.7 Å². The van der Waals surface area contributed by atoms with Crippen LogP contribution in [-0.4, -0.2) is 55.3 Å². The van der Waals surface area contributed by atoms with E-state index in [0.29, 0.717) is 14.7 Å². The molecule has 0 atom stereocenters. The van der Waals surface area contributed by atoms with Gasteiger partial charge in [0.1, 0.15) is 15.6 Å². The normalized spacial score (nSPS) is 17.4. The highest BCUT2D eigenvalue weighted by Gasteiger charge is 2.53. The summed E-state index contributed by atoms with van der Waals surface area (Å²) in [5, 5.41) is 0. The van der Waals surface area contributed by atoms with Gasteiger partial charge in [-0.2, -0.15) is 13.2 Å². The van der Waals surface area contributed by atoms with Gasteiger partial charge in [-0.25, -0.2) is 9.59 Å². The molecule has 0 unspecified atom stereocenters. The number of nitrogens with zero attached hydrogens (tertiary/aromatic N) is 1. The van der Waals surface area contributed by atoms with Gasteiger partial charge in [0.15, 0.2) is 0 Å². The topological polar surface area (TPSA) is 82.1 Å². The summed E-state index contributed by atoms with van der Waals surface area (Å²) < 4.78 is 56.2. The van der Waals surface area contributed by atoms with Crippen molar-refractivity contribution in [2.24, 2.45) is 0 Å². The number of thioether (sulfide) groups is 2. The molecule has 0 aliphatic carbocycles. The van der Waals surface area contributed by atoms with Gasteiger partial charge in [-0.3, -0.25) is 9.69 Å². The van der Waals surface area contributed by atoms with E-state index in [2.05, 4.69) is 0 Å². The fraction of sp³-hybridized carbons (Fsp3) is 0.364. The molecule has 1 aromatic rings. The maximum Gasteiger partial charge on any atom is 0.471 e. The Balaban J connectivity index is 2.29. The monoisotopic (exact) mass is 547 g/mol. The zero-order valence-electron chi connectivity index (χ0n) is 19.2. The van der Waals surface area contributed by atoms with Crippen molar-refractivity contribution in [1.82, 2.24) is 0 Å². The van der Waals surface area contributed by atoms with Crippen molar-refractivity contribution >= 4 is 69.7 Å². The quantitative estimate of drug-likeness (QED) is 0.299. The van der Waals surface area contributed by atoms with Gasteiger partial charge < -0.3 is 14.2 Å². The highest BCUT2D eigenvalue weighted by Crippen LogP contribution is 2.56. The zero-order valence-corrected chi connectivity index (χ0v) is 21.6. The van der Waals surface area contributed by atoms with Crippen LogP contribution in [-0.2, 0) is 23.9 Å². The molecule has 2 aliphatic heterocycles. The first kappa shape index (κ1) is 27.1. The first-order valence-electron chi connectivity index (χ1n) is 10.0. The van der Waals surface area contributed by atoms with Crippen LogP contribution in [0.3, 0.4) is 0 Å². The number of amides is 1. The number of hydrogen-bond acceptors (Lipinski definition) is 9. The summed E-state index contributed by atoms with van der Waals surface area (Å²) in [4.78, 5) is 37.8. The number of benzene rings is 1. The van der Waals surface area contributed by atoms with Crippen LogP contribution in [0.2, 0.25) is 0 Å². The average Bonchev–Trinajstić information content (AvgIpc) is 3.23. The van der Waals surface area contributed by atoms with E-state index in [9.17, 15) is 27.6 Å². The molecule has 0 aromatic heterocycles. The van der Waals surface area contributed by atoms with E-state index in [-0.39, 0.29) is 38.3 Å². The Morgan fingerprint density at radius 3 is 2.06 bits per heavy atom. The molecule has 1 amide bonds. The second-order valence-corrected chi connectivity index (χ2v) is 10.4. The summed E-state index contributed by atoms with van der Waals surface area (Å²) in [6, 6.07) is 4.38. The fourth-order valence-electron chi connectivity index (χ4n) is 3.54. The van der Waals surface area contributed by atoms with Crippen LogP contribution in [0.1, 0.15) is 26.3 Å². The van der Waals surface area contributed by atoms with Crippen molar-refractivity contribution in [3.05, 3.63) is 37.8 Å². The molecule has 35 heavy (non-hydrogen) atoms. The van der Waals surface area contributed by atoms with Crippen LogP contribution in [0.25, 0.3) is 5.57 Å². The molecule has 13 heteroatoms. The van der Waals surface area contributed by atoms with Crippen LogP contribution >= 0.6 is 35.7 Å². The third-order valence-corrected chi connectivity index (χ3v) is 8.38. The van der Waals surface area contributed by atoms with Crippen molar-refractivity contribution < 1.29 is 41.8 Å². The average molecular weight is 548 g/mol. The predicted octanol–water partition coefficient (Wildman–Crippen LogP) is 4.85. The number of anilines is 1. The van der Waals surface area contributed by atoms with E-state index in [1.54, 1.807) is 13.0 Å². The van der Waals surface area contributed by atoms with Crippen LogP contribution in [0.5, 0.6) is 5.75 Å². The van der Waals surface area contributed by atoms with E-state index in [1.807, 2.05) is 0 Å². The minimum Gasteiger partial charge on any atom is -0.494 e. The molecular formula is C22H20F3NO6S3. The molecule has 0 spiro atoms. The number of halogens is 3. The number of ether oxygens (including phenoxy) is 3. The van der Waals surface area contributed by atoms with Gasteiger partial charge in [0.05, 0.1) is 41.2 Å². The predicted molar refractivity (Wildman–Crippen MR) is 131 cm³/mol. The Morgan fingerprint density at radius 2 is 1.60 bits per heavy atom. The Labute approximate surface area is 213 Å². The Bertz CT molecular complexity index is 1160. The largest absolute Gasteiger partial charge is 0.494 e. The molecule has 0 fully saturated rings. The lowest BCUT2D eigenvalue weighted by atomic mass is 9.83. The van der Waals surface area contributed by atoms with E-state index < -0.39 is 29.6 Å². The zero-order chi connectivity index (χ0) is 26.3. The number of esters is 2. The van der Waals surface area contributed by atoms with Crippen molar-refractivity contribution in [2.75, 3.05) is 25.7 Å². The molecular weight excluding hydrogens is 527 g/mol. The molecule has 7 nitrogen and oxygen atoms in total. The van der Waals surface area contributed by atoms with Gasteiger partial charge in [-0.15, -0.1) is 0 Å². The number of carbonyl (C=O) groups excluding carboxylic acids is 3. The Hall–Kier alpha value is -2.51. The summed E-state index contributed by atoms with van der Waals surface area (Å²) in [6.07, 6.45) is -5.16. The Kier molecular flexibility index (Phi) is 7.63. The van der Waals surface area contributed by atoms with Gasteiger partial charge in [0.2, 0.25) is 0 Å². The molecule has 2 heterocycles. The van der Waals surface area contributed by atoms with Crippen molar-refractivity contribution in [3.63, 3.8) is 0 Å². The number of methoxy groups -OCH3 is 2. The van der Waals surface area contributed by atoms with Gasteiger partial charge in [-0.05, 0) is 32.9 Å². The number of carbonyl (C=O) groups is 3. The number of hydrogen-bond donors (Lipinski definition) is 0. The summed E-state index contributed by atoms with van der Waals surface area (Å²) in [5.74, 6) is -3.38. The number of fused-ring (bicyclic) bond motifs is 1. The molecule has 0 saturated carbocycles. The standard InChI is InChI=1S/C22H20F3NO6S3/c1-6-32-10-7-8-11-12(9-10)26(20(29)22(23,24)25)21(2,3)16(33)13(11)19-34-14(17(27)30-4)15(35-19)18(28)31-5/h7-9H,6H2,1-5H3. The van der Waals surface area contributed by atoms with Gasteiger partial charge >= 0.3 is 24.0 Å². The number of thiocarbonyl (C=S) groups is 1. The van der Waals surface area contributed by atoms with Crippen LogP contribution in [0.15, 0.2) is 32.2 Å². The van der Waals surface area contributed by atoms with Crippen LogP contribution in [0.4, 0.5) is 18.9 Å². The molecule has 188 valence electrons. The van der Waals surface area contributed by atoms with Gasteiger partial charge in [0, 0.05) is 17.2 Å². The fourth-order valence-corrected chi connectivity index (χ4v) is 6.58. The molecule has 0 bridgehead atoms. The molecule has 0 saturated heterocycles. The lowest BCUT2D eigenvalue weighted by molar-refractivity contribution is -0.171. The number of rotatable bonds is 4. The molecule has 0 radical (unpaired) electrons. The number of alkyl halides is 3. The molecule has 3 rings (SSSR count). The second-order valence-electron chi connectivity index (χ2n) is 7.65. The van der Waals surface area contributed by atoms with Crippen LogP contribution < -0.4 is 9.64 Å². The SMILES string of the molecule is CCOc1ccc2c(c1)N(C(=O)C(F)(F)F)C(C)(C)C(=S)C2=C1SC(C(=O)OC)=C(C(=O)OC)S1. The summed E-state index contributed by atoms with van der Waals surface area (Å²) in [7, 11) is 2.31. The van der Waals surface area contributed by atoms with Gasteiger partial charge in [0.25, 0.3) is 0 Å².